The SMILES string of the molecule is C[C@@H](NC(=O)C1CCC(=O)C1)[C@H](Cc1ccc(Cl)cc1)c1ccc(Cl)cc1. The molecule has 1 aliphatic rings. The van der Waals surface area contributed by atoms with Crippen LogP contribution in [0.3, 0.4) is 0 Å². The summed E-state index contributed by atoms with van der Waals surface area (Å²) in [5, 5.41) is 4.53. The molecule has 1 amide bonds. The van der Waals surface area contributed by atoms with Crippen molar-refractivity contribution in [2.24, 2.45) is 5.92 Å². The van der Waals surface area contributed by atoms with E-state index in [0.717, 1.165) is 17.5 Å². The Morgan fingerprint density at radius 3 is 2.22 bits per heavy atom. The molecular weight excluding hydrogens is 381 g/mol. The Balaban J connectivity index is 1.77. The van der Waals surface area contributed by atoms with Gasteiger partial charge in [-0.3, -0.25) is 9.59 Å². The third-order valence-corrected chi connectivity index (χ3v) is 5.76. The number of benzene rings is 2. The third-order valence-electron chi connectivity index (χ3n) is 5.26. The first-order chi connectivity index (χ1) is 12.9. The van der Waals surface area contributed by atoms with Gasteiger partial charge in [-0.15, -0.1) is 0 Å². The number of ketones is 1. The molecule has 1 fully saturated rings. The minimum atomic E-state index is -0.193. The summed E-state index contributed by atoms with van der Waals surface area (Å²) in [5.41, 5.74) is 2.26. The van der Waals surface area contributed by atoms with Gasteiger partial charge in [-0.2, -0.15) is 0 Å². The minimum Gasteiger partial charge on any atom is -0.353 e. The highest BCUT2D eigenvalue weighted by Gasteiger charge is 2.30. The third kappa shape index (κ3) is 5.33. The molecule has 0 aliphatic heterocycles. The summed E-state index contributed by atoms with van der Waals surface area (Å²) in [7, 11) is 0. The van der Waals surface area contributed by atoms with Crippen LogP contribution in [0.1, 0.15) is 43.2 Å². The number of amides is 1. The molecule has 0 aromatic heterocycles. The normalized spacial score (nSPS) is 18.9. The molecule has 5 heteroatoms. The highest BCUT2D eigenvalue weighted by atomic mass is 35.5. The maximum Gasteiger partial charge on any atom is 0.223 e. The Bertz CT molecular complexity index is 802. The van der Waals surface area contributed by atoms with E-state index in [0.29, 0.717) is 29.3 Å². The van der Waals surface area contributed by atoms with E-state index in [1.54, 1.807) is 0 Å². The highest BCUT2D eigenvalue weighted by molar-refractivity contribution is 6.30. The fourth-order valence-electron chi connectivity index (χ4n) is 3.65. The van der Waals surface area contributed by atoms with E-state index in [1.807, 2.05) is 55.5 Å². The van der Waals surface area contributed by atoms with E-state index >= 15 is 0 Å². The van der Waals surface area contributed by atoms with E-state index in [1.165, 1.54) is 0 Å². The molecule has 2 aromatic carbocycles. The molecule has 0 radical (unpaired) electrons. The predicted octanol–water partition coefficient (Wildman–Crippen LogP) is 5.19. The molecule has 142 valence electrons. The Morgan fingerprint density at radius 1 is 1.07 bits per heavy atom. The van der Waals surface area contributed by atoms with Crippen LogP contribution in [-0.2, 0) is 16.0 Å². The molecule has 1 saturated carbocycles. The summed E-state index contributed by atoms with van der Waals surface area (Å²) in [6, 6.07) is 15.4. The van der Waals surface area contributed by atoms with Crippen LogP contribution in [0.25, 0.3) is 0 Å². The van der Waals surface area contributed by atoms with Crippen LogP contribution >= 0.6 is 23.2 Å². The van der Waals surface area contributed by atoms with Crippen LogP contribution in [-0.4, -0.2) is 17.7 Å². The van der Waals surface area contributed by atoms with Crippen LogP contribution in [0.5, 0.6) is 0 Å². The average Bonchev–Trinajstić information content (AvgIpc) is 3.08. The van der Waals surface area contributed by atoms with Crippen LogP contribution in [0.2, 0.25) is 10.0 Å². The number of carbonyl (C=O) groups excluding carboxylic acids is 2. The zero-order valence-corrected chi connectivity index (χ0v) is 16.8. The van der Waals surface area contributed by atoms with Crippen molar-refractivity contribution in [1.82, 2.24) is 5.32 Å². The molecule has 0 bridgehead atoms. The summed E-state index contributed by atoms with van der Waals surface area (Å²) >= 11 is 12.0. The van der Waals surface area contributed by atoms with Gasteiger partial charge in [-0.05, 0) is 55.2 Å². The summed E-state index contributed by atoms with van der Waals surface area (Å²) in [6.07, 6.45) is 2.29. The maximum atomic E-state index is 12.6. The van der Waals surface area contributed by atoms with E-state index in [-0.39, 0.29) is 29.6 Å². The van der Waals surface area contributed by atoms with Crippen molar-refractivity contribution >= 4 is 34.9 Å². The fourth-order valence-corrected chi connectivity index (χ4v) is 3.90. The van der Waals surface area contributed by atoms with E-state index in [9.17, 15) is 9.59 Å². The number of hydrogen-bond acceptors (Lipinski definition) is 2. The summed E-state index contributed by atoms with van der Waals surface area (Å²) < 4.78 is 0. The first-order valence-corrected chi connectivity index (χ1v) is 10.00. The minimum absolute atomic E-state index is 0.0246. The number of halogens is 2. The van der Waals surface area contributed by atoms with E-state index in [2.05, 4.69) is 5.32 Å². The molecule has 1 aliphatic carbocycles. The van der Waals surface area contributed by atoms with Gasteiger partial charge in [-0.25, -0.2) is 0 Å². The molecule has 0 spiro atoms. The quantitative estimate of drug-likeness (QED) is 0.720. The van der Waals surface area contributed by atoms with Gasteiger partial charge in [-0.1, -0.05) is 47.5 Å². The second-order valence-electron chi connectivity index (χ2n) is 7.26. The lowest BCUT2D eigenvalue weighted by atomic mass is 9.86. The molecular formula is C22H23Cl2NO2. The van der Waals surface area contributed by atoms with Gasteiger partial charge in [0.2, 0.25) is 5.91 Å². The van der Waals surface area contributed by atoms with Gasteiger partial charge in [0.1, 0.15) is 5.78 Å². The van der Waals surface area contributed by atoms with Crippen molar-refractivity contribution in [1.29, 1.82) is 0 Å². The Morgan fingerprint density at radius 2 is 1.67 bits per heavy atom. The van der Waals surface area contributed by atoms with Gasteiger partial charge in [0, 0.05) is 40.8 Å². The standard InChI is InChI=1S/C22H23Cl2NO2/c1-14(25-22(27)17-6-11-20(26)13-17)21(16-4-9-19(24)10-5-16)12-15-2-7-18(23)8-3-15/h2-5,7-10,14,17,21H,6,11-13H2,1H3,(H,25,27)/t14-,17?,21+/m1/s1. The smallest absolute Gasteiger partial charge is 0.223 e. The van der Waals surface area contributed by atoms with Gasteiger partial charge in [0.25, 0.3) is 0 Å². The average molecular weight is 404 g/mol. The largest absolute Gasteiger partial charge is 0.353 e. The lowest BCUT2D eigenvalue weighted by molar-refractivity contribution is -0.127. The fraction of sp³-hybridized carbons (Fsp3) is 0.364. The van der Waals surface area contributed by atoms with Gasteiger partial charge in [0.15, 0.2) is 0 Å². The summed E-state index contributed by atoms with van der Waals surface area (Å²) in [5.74, 6) is 0.0486. The van der Waals surface area contributed by atoms with Crippen molar-refractivity contribution in [3.8, 4) is 0 Å². The topological polar surface area (TPSA) is 46.2 Å². The van der Waals surface area contributed by atoms with Crippen LogP contribution in [0.15, 0.2) is 48.5 Å². The number of rotatable bonds is 6. The number of nitrogens with one attached hydrogen (secondary N) is 1. The van der Waals surface area contributed by atoms with Crippen molar-refractivity contribution < 1.29 is 9.59 Å². The van der Waals surface area contributed by atoms with Crippen LogP contribution in [0, 0.1) is 5.92 Å². The van der Waals surface area contributed by atoms with Gasteiger partial charge in [0.05, 0.1) is 0 Å². The zero-order chi connectivity index (χ0) is 19.4. The Labute approximate surface area is 170 Å². The van der Waals surface area contributed by atoms with Crippen molar-refractivity contribution in [2.45, 2.75) is 44.6 Å². The van der Waals surface area contributed by atoms with E-state index in [4.69, 9.17) is 23.2 Å². The molecule has 2 aromatic rings. The van der Waals surface area contributed by atoms with E-state index < -0.39 is 0 Å². The zero-order valence-electron chi connectivity index (χ0n) is 15.3. The van der Waals surface area contributed by atoms with Gasteiger partial charge >= 0.3 is 0 Å². The number of carbonyl (C=O) groups is 2. The highest BCUT2D eigenvalue weighted by Crippen LogP contribution is 2.28. The molecule has 0 saturated heterocycles. The first kappa shape index (κ1) is 19.9. The van der Waals surface area contributed by atoms with Crippen molar-refractivity contribution in [3.05, 3.63) is 69.7 Å². The summed E-state index contributed by atoms with van der Waals surface area (Å²) in [6.45, 7) is 2.02. The Kier molecular flexibility index (Phi) is 6.56. The molecule has 1 N–H and O–H groups in total. The first-order valence-electron chi connectivity index (χ1n) is 9.24. The number of hydrogen-bond donors (Lipinski definition) is 1. The number of Topliss-reactive ketones (excluding diaryl/α,β-unsaturated/α-hetero) is 1. The second kappa shape index (κ2) is 8.90. The molecule has 3 nitrogen and oxygen atoms in total. The maximum absolute atomic E-state index is 12.6. The molecule has 0 heterocycles. The summed E-state index contributed by atoms with van der Waals surface area (Å²) in [4.78, 5) is 24.1. The molecule has 1 unspecified atom stereocenters. The predicted molar refractivity (Wildman–Crippen MR) is 109 cm³/mol. The van der Waals surface area contributed by atoms with Crippen LogP contribution < -0.4 is 5.32 Å². The monoisotopic (exact) mass is 403 g/mol. The van der Waals surface area contributed by atoms with Crippen molar-refractivity contribution in [2.75, 3.05) is 0 Å². The lowest BCUT2D eigenvalue weighted by Crippen LogP contribution is -2.40. The molecule has 3 rings (SSSR count). The Hall–Kier alpha value is -1.84. The van der Waals surface area contributed by atoms with Gasteiger partial charge < -0.3 is 5.32 Å². The second-order valence-corrected chi connectivity index (χ2v) is 8.14. The molecule has 3 atom stereocenters. The van der Waals surface area contributed by atoms with Crippen LogP contribution in [0.4, 0.5) is 0 Å². The lowest BCUT2D eigenvalue weighted by Gasteiger charge is -2.27. The molecule has 27 heavy (non-hydrogen) atoms. The van der Waals surface area contributed by atoms with Crippen molar-refractivity contribution in [3.63, 3.8) is 0 Å².